The molecular weight excluding hydrogens is 524 g/mol. The first kappa shape index (κ1) is 22.1. The number of hydrogen-bond donors (Lipinski definition) is 1. The number of hydrogen-bond acceptors (Lipinski definition) is 4. The molecule has 2 aliphatic heterocycles. The molecule has 3 aromatic rings. The molecule has 4 nitrogen and oxygen atoms in total. The van der Waals surface area contributed by atoms with Crippen LogP contribution < -0.4 is 15.1 Å². The number of nitrogens with zero attached hydrogens (tertiary/aromatic N) is 3. The Balaban J connectivity index is 1.51. The largest absolute Gasteiger partial charge is 0.370 e. The minimum Gasteiger partial charge on any atom is -0.370 e. The lowest BCUT2D eigenvalue weighted by Crippen LogP contribution is -2.33. The van der Waals surface area contributed by atoms with E-state index in [9.17, 15) is 0 Å². The second kappa shape index (κ2) is 9.29. The lowest BCUT2D eigenvalue weighted by molar-refractivity contribution is 0.438. The van der Waals surface area contributed by atoms with Crippen LogP contribution in [-0.2, 0) is 0 Å². The van der Waals surface area contributed by atoms with Crippen molar-refractivity contribution in [2.45, 2.75) is 31.8 Å². The molecule has 1 aromatic carbocycles. The van der Waals surface area contributed by atoms with Crippen LogP contribution in [-0.4, -0.2) is 23.2 Å². The van der Waals surface area contributed by atoms with E-state index in [-0.39, 0.29) is 12.1 Å². The van der Waals surface area contributed by atoms with Gasteiger partial charge in [-0.1, -0.05) is 24.6 Å². The maximum Gasteiger partial charge on any atom is 0.174 e. The summed E-state index contributed by atoms with van der Waals surface area (Å²) >= 11 is 18.0. The van der Waals surface area contributed by atoms with Crippen LogP contribution in [0.5, 0.6) is 0 Å². The maximum absolute atomic E-state index is 6.83. The quantitative estimate of drug-likeness (QED) is 0.356. The molecule has 166 valence electrons. The minimum atomic E-state index is -0.0451. The number of thiocarbonyl (C=S) groups is 1. The first-order valence-electron chi connectivity index (χ1n) is 10.8. The van der Waals surface area contributed by atoms with Gasteiger partial charge in [-0.05, 0) is 83.3 Å². The van der Waals surface area contributed by atoms with E-state index in [1.165, 1.54) is 17.7 Å². The van der Waals surface area contributed by atoms with E-state index in [0.717, 1.165) is 45.6 Å². The molecule has 32 heavy (non-hydrogen) atoms. The average molecular weight is 548 g/mol. The van der Waals surface area contributed by atoms with Crippen molar-refractivity contribution in [2.75, 3.05) is 22.9 Å². The zero-order chi connectivity index (χ0) is 22.2. The van der Waals surface area contributed by atoms with Crippen LogP contribution in [0.2, 0.25) is 5.02 Å². The predicted octanol–water partition coefficient (Wildman–Crippen LogP) is 6.97. The third-order valence-corrected chi connectivity index (χ3v) is 8.69. The van der Waals surface area contributed by atoms with E-state index < -0.39 is 0 Å². The highest BCUT2D eigenvalue weighted by Gasteiger charge is 2.41. The van der Waals surface area contributed by atoms with Gasteiger partial charge < -0.3 is 15.1 Å². The monoisotopic (exact) mass is 546 g/mol. The molecule has 0 saturated carbocycles. The Kier molecular flexibility index (Phi) is 6.43. The maximum atomic E-state index is 6.83. The summed E-state index contributed by atoms with van der Waals surface area (Å²) in [5.41, 5.74) is 3.07. The second-order valence-electron chi connectivity index (χ2n) is 8.47. The summed E-state index contributed by atoms with van der Waals surface area (Å²) in [5, 5.41) is 7.08. The Bertz CT molecular complexity index is 1110. The van der Waals surface area contributed by atoms with Crippen LogP contribution in [0, 0.1) is 5.92 Å². The summed E-state index contributed by atoms with van der Waals surface area (Å²) < 4.78 is 1.07. The van der Waals surface area contributed by atoms with E-state index in [0.29, 0.717) is 5.11 Å². The molecule has 0 aliphatic carbocycles. The van der Waals surface area contributed by atoms with Crippen LogP contribution in [0.3, 0.4) is 0 Å². The van der Waals surface area contributed by atoms with E-state index in [2.05, 4.69) is 72.6 Å². The van der Waals surface area contributed by atoms with Crippen molar-refractivity contribution in [2.24, 2.45) is 5.92 Å². The summed E-state index contributed by atoms with van der Waals surface area (Å²) in [6.07, 6.45) is 4.24. The number of rotatable bonds is 4. The normalized spacial score (nSPS) is 21.8. The Morgan fingerprint density at radius 1 is 1.19 bits per heavy atom. The van der Waals surface area contributed by atoms with Crippen molar-refractivity contribution in [3.8, 4) is 0 Å². The fourth-order valence-electron chi connectivity index (χ4n) is 4.56. The van der Waals surface area contributed by atoms with Gasteiger partial charge in [0.05, 0.1) is 28.5 Å². The average Bonchev–Trinajstić information content (AvgIpc) is 3.38. The molecule has 2 fully saturated rings. The van der Waals surface area contributed by atoms with Crippen molar-refractivity contribution >= 4 is 67.6 Å². The Morgan fingerprint density at radius 2 is 2.00 bits per heavy atom. The van der Waals surface area contributed by atoms with Crippen molar-refractivity contribution < 1.29 is 0 Å². The topological polar surface area (TPSA) is 31.4 Å². The molecule has 2 atom stereocenters. The van der Waals surface area contributed by atoms with Gasteiger partial charge in [0.25, 0.3) is 0 Å². The number of halogens is 2. The van der Waals surface area contributed by atoms with Crippen LogP contribution in [0.1, 0.15) is 42.4 Å². The number of nitrogens with one attached hydrogen (secondary N) is 1. The molecule has 2 aliphatic rings. The predicted molar refractivity (Wildman–Crippen MR) is 142 cm³/mol. The summed E-state index contributed by atoms with van der Waals surface area (Å²) in [5.74, 6) is 0.784. The number of benzene rings is 1. The lowest BCUT2D eigenvalue weighted by atomic mass is 9.98. The first-order chi connectivity index (χ1) is 15.5. The Morgan fingerprint density at radius 3 is 2.66 bits per heavy atom. The fourth-order valence-corrected chi connectivity index (χ4v) is 6.77. The van der Waals surface area contributed by atoms with E-state index in [1.54, 1.807) is 11.3 Å². The van der Waals surface area contributed by atoms with Gasteiger partial charge in [0.1, 0.15) is 0 Å². The van der Waals surface area contributed by atoms with E-state index in [4.69, 9.17) is 23.8 Å². The van der Waals surface area contributed by atoms with Gasteiger partial charge >= 0.3 is 0 Å². The number of aromatic nitrogens is 1. The molecule has 0 bridgehead atoms. The molecule has 0 unspecified atom stereocenters. The smallest absolute Gasteiger partial charge is 0.174 e. The van der Waals surface area contributed by atoms with Gasteiger partial charge in [0, 0.05) is 39.7 Å². The zero-order valence-corrected chi connectivity index (χ0v) is 21.6. The highest BCUT2D eigenvalue weighted by Crippen LogP contribution is 2.45. The summed E-state index contributed by atoms with van der Waals surface area (Å²) in [4.78, 5) is 10.4. The molecule has 0 amide bonds. The first-order valence-corrected chi connectivity index (χ1v) is 13.3. The summed E-state index contributed by atoms with van der Waals surface area (Å²) in [6.45, 7) is 4.43. The summed E-state index contributed by atoms with van der Waals surface area (Å²) in [7, 11) is 0. The number of thiophene rings is 1. The molecule has 2 aromatic heterocycles. The number of anilines is 2. The van der Waals surface area contributed by atoms with Gasteiger partial charge in [0.15, 0.2) is 5.11 Å². The van der Waals surface area contributed by atoms with Crippen molar-refractivity contribution in [1.82, 2.24) is 10.3 Å². The van der Waals surface area contributed by atoms with E-state index in [1.807, 2.05) is 24.4 Å². The third-order valence-electron chi connectivity index (χ3n) is 6.31. The van der Waals surface area contributed by atoms with Crippen molar-refractivity contribution in [3.05, 3.63) is 74.1 Å². The lowest BCUT2D eigenvalue weighted by Gasteiger charge is -2.33. The third kappa shape index (κ3) is 4.28. The van der Waals surface area contributed by atoms with Gasteiger partial charge in [0.2, 0.25) is 0 Å². The van der Waals surface area contributed by atoms with Crippen LogP contribution in [0.25, 0.3) is 0 Å². The molecule has 5 rings (SSSR count). The van der Waals surface area contributed by atoms with Gasteiger partial charge in [-0.2, -0.15) is 0 Å². The minimum absolute atomic E-state index is 0.00791. The number of piperidine rings is 1. The summed E-state index contributed by atoms with van der Waals surface area (Å²) in [6, 6.07) is 14.5. The molecule has 4 heterocycles. The van der Waals surface area contributed by atoms with Crippen LogP contribution in [0.4, 0.5) is 11.4 Å². The SMILES string of the molecule is CC1CCN(c2ccc(N3C(=S)N[C@H](c4ccccn4)[C@@H]3c3cc(Br)cs3)cc2Cl)CC1. The molecule has 0 radical (unpaired) electrons. The van der Waals surface area contributed by atoms with E-state index >= 15 is 0 Å². The van der Waals surface area contributed by atoms with Crippen LogP contribution in [0.15, 0.2) is 58.5 Å². The second-order valence-corrected chi connectivity index (χ2v) is 11.1. The Hall–Kier alpha value is -1.67. The van der Waals surface area contributed by atoms with Crippen molar-refractivity contribution in [3.63, 3.8) is 0 Å². The molecule has 2 saturated heterocycles. The van der Waals surface area contributed by atoms with Crippen molar-refractivity contribution in [1.29, 1.82) is 0 Å². The van der Waals surface area contributed by atoms with Gasteiger partial charge in [-0.25, -0.2) is 0 Å². The molecule has 0 spiro atoms. The molecule has 1 N–H and O–H groups in total. The van der Waals surface area contributed by atoms with Gasteiger partial charge in [-0.15, -0.1) is 11.3 Å². The van der Waals surface area contributed by atoms with Gasteiger partial charge in [-0.3, -0.25) is 4.98 Å². The number of pyridine rings is 1. The highest BCUT2D eigenvalue weighted by molar-refractivity contribution is 9.10. The molecular formula is C24H24BrClN4S2. The Labute approximate surface area is 211 Å². The molecule has 8 heteroatoms. The highest BCUT2D eigenvalue weighted by atomic mass is 79.9. The zero-order valence-electron chi connectivity index (χ0n) is 17.7. The van der Waals surface area contributed by atoms with Crippen LogP contribution >= 0.6 is 51.1 Å². The standard InChI is InChI=1S/C24H24BrClN4S2/c1-15-7-10-29(11-8-15)20-6-5-17(13-18(20)26)30-23(21-12-16(25)14-32-21)22(28-24(30)31)19-4-2-3-9-27-19/h2-6,9,12-15,22-23H,7-8,10-11H2,1H3,(H,28,31)/t22-,23+/m1/s1. The fraction of sp³-hybridized carbons (Fsp3) is 0.333.